The monoisotopic (exact) mass is 273 g/mol. The van der Waals surface area contributed by atoms with Crippen molar-refractivity contribution in [2.75, 3.05) is 25.0 Å². The highest BCUT2D eigenvalue weighted by atomic mass is 16.2. The van der Waals surface area contributed by atoms with Crippen molar-refractivity contribution >= 4 is 17.5 Å². The first-order valence-electron chi connectivity index (χ1n) is 7.12. The van der Waals surface area contributed by atoms with Gasteiger partial charge in [-0.05, 0) is 42.6 Å². The van der Waals surface area contributed by atoms with Crippen molar-refractivity contribution < 1.29 is 9.59 Å². The molecular weight excluding hydrogens is 254 g/mol. The molecule has 2 aliphatic rings. The smallest absolute Gasteiger partial charge is 0.243 e. The van der Waals surface area contributed by atoms with Crippen LogP contribution in [-0.2, 0) is 22.6 Å². The number of carbonyl (C=O) groups is 2. The summed E-state index contributed by atoms with van der Waals surface area (Å²) in [4.78, 5) is 25.1. The van der Waals surface area contributed by atoms with Gasteiger partial charge in [-0.25, -0.2) is 0 Å². The van der Waals surface area contributed by atoms with Crippen LogP contribution >= 0.6 is 0 Å². The molecule has 1 aromatic rings. The molecule has 2 aliphatic heterocycles. The molecule has 0 atom stereocenters. The second-order valence-corrected chi connectivity index (χ2v) is 5.38. The molecule has 1 saturated heterocycles. The van der Waals surface area contributed by atoms with Gasteiger partial charge in [-0.3, -0.25) is 9.59 Å². The molecule has 2 heterocycles. The zero-order chi connectivity index (χ0) is 13.9. The van der Waals surface area contributed by atoms with Crippen molar-refractivity contribution in [1.29, 1.82) is 0 Å². The Morgan fingerprint density at radius 1 is 1.30 bits per heavy atom. The number of rotatable bonds is 3. The van der Waals surface area contributed by atoms with Crippen LogP contribution in [0.4, 0.5) is 5.69 Å². The van der Waals surface area contributed by atoms with Crippen LogP contribution < -0.4 is 10.6 Å². The van der Waals surface area contributed by atoms with Gasteiger partial charge in [0.25, 0.3) is 0 Å². The van der Waals surface area contributed by atoms with E-state index in [0.29, 0.717) is 13.0 Å². The van der Waals surface area contributed by atoms with Crippen molar-refractivity contribution in [3.8, 4) is 0 Å². The third kappa shape index (κ3) is 2.82. The molecule has 0 radical (unpaired) electrons. The molecular formula is C15H19N3O2. The van der Waals surface area contributed by atoms with Gasteiger partial charge in [0.05, 0.1) is 6.54 Å². The van der Waals surface area contributed by atoms with E-state index in [1.807, 2.05) is 12.1 Å². The van der Waals surface area contributed by atoms with Gasteiger partial charge in [0, 0.05) is 25.2 Å². The standard InChI is InChI=1S/C15H19N3O2/c19-14(10-18-7-1-2-15(18)20)17-13-4-3-11-5-6-16-9-12(11)8-13/h3-4,8,16H,1-2,5-7,9-10H2,(H,17,19). The van der Waals surface area contributed by atoms with Crippen molar-refractivity contribution in [2.24, 2.45) is 0 Å². The highest BCUT2D eigenvalue weighted by Crippen LogP contribution is 2.19. The largest absolute Gasteiger partial charge is 0.333 e. The Labute approximate surface area is 118 Å². The first kappa shape index (κ1) is 13.1. The minimum Gasteiger partial charge on any atom is -0.333 e. The molecule has 0 aliphatic carbocycles. The molecule has 106 valence electrons. The summed E-state index contributed by atoms with van der Waals surface area (Å²) in [6.45, 7) is 2.72. The average molecular weight is 273 g/mol. The summed E-state index contributed by atoms with van der Waals surface area (Å²) < 4.78 is 0. The Kier molecular flexibility index (Phi) is 3.69. The van der Waals surface area contributed by atoms with Crippen molar-refractivity contribution in [2.45, 2.75) is 25.8 Å². The second-order valence-electron chi connectivity index (χ2n) is 5.38. The van der Waals surface area contributed by atoms with E-state index in [0.717, 1.165) is 31.6 Å². The number of carbonyl (C=O) groups excluding carboxylic acids is 2. The van der Waals surface area contributed by atoms with Gasteiger partial charge in [-0.2, -0.15) is 0 Å². The number of fused-ring (bicyclic) bond motifs is 1. The number of likely N-dealkylation sites (tertiary alicyclic amines) is 1. The van der Waals surface area contributed by atoms with Gasteiger partial charge < -0.3 is 15.5 Å². The molecule has 3 rings (SSSR count). The van der Waals surface area contributed by atoms with Crippen LogP contribution in [0.2, 0.25) is 0 Å². The summed E-state index contributed by atoms with van der Waals surface area (Å²) in [7, 11) is 0. The highest BCUT2D eigenvalue weighted by Gasteiger charge is 2.22. The number of benzene rings is 1. The maximum Gasteiger partial charge on any atom is 0.243 e. The van der Waals surface area contributed by atoms with Crippen LogP contribution in [0.15, 0.2) is 18.2 Å². The van der Waals surface area contributed by atoms with E-state index in [9.17, 15) is 9.59 Å². The van der Waals surface area contributed by atoms with Gasteiger partial charge >= 0.3 is 0 Å². The fraction of sp³-hybridized carbons (Fsp3) is 0.467. The fourth-order valence-corrected chi connectivity index (χ4v) is 2.80. The minimum atomic E-state index is -0.121. The quantitative estimate of drug-likeness (QED) is 0.860. The summed E-state index contributed by atoms with van der Waals surface area (Å²) in [5.74, 6) is -0.0428. The molecule has 2 N–H and O–H groups in total. The van der Waals surface area contributed by atoms with Crippen LogP contribution in [0, 0.1) is 0 Å². The van der Waals surface area contributed by atoms with Crippen molar-refractivity contribution in [1.82, 2.24) is 10.2 Å². The Bertz CT molecular complexity index is 542. The maximum absolute atomic E-state index is 12.0. The molecule has 0 spiro atoms. The van der Waals surface area contributed by atoms with Crippen molar-refractivity contribution in [3.63, 3.8) is 0 Å². The van der Waals surface area contributed by atoms with E-state index in [2.05, 4.69) is 16.7 Å². The molecule has 20 heavy (non-hydrogen) atoms. The summed E-state index contributed by atoms with van der Waals surface area (Å²) in [6, 6.07) is 6.03. The SMILES string of the molecule is O=C(CN1CCCC1=O)Nc1ccc2c(c1)CNCC2. The maximum atomic E-state index is 12.0. The van der Waals surface area contributed by atoms with Crippen molar-refractivity contribution in [3.05, 3.63) is 29.3 Å². The number of anilines is 1. The van der Waals surface area contributed by atoms with Gasteiger partial charge in [0.15, 0.2) is 0 Å². The van der Waals surface area contributed by atoms with Crippen LogP contribution in [0.3, 0.4) is 0 Å². The first-order valence-corrected chi connectivity index (χ1v) is 7.12. The molecule has 1 aromatic carbocycles. The molecule has 5 nitrogen and oxygen atoms in total. The van der Waals surface area contributed by atoms with Gasteiger partial charge in [-0.15, -0.1) is 0 Å². The summed E-state index contributed by atoms with van der Waals surface area (Å²) in [6.07, 6.45) is 2.46. The van der Waals surface area contributed by atoms with Gasteiger partial charge in [-0.1, -0.05) is 6.07 Å². The summed E-state index contributed by atoms with van der Waals surface area (Å²) in [5.41, 5.74) is 3.40. The number of nitrogens with zero attached hydrogens (tertiary/aromatic N) is 1. The predicted octanol–water partition coefficient (Wildman–Crippen LogP) is 0.893. The van der Waals surface area contributed by atoms with E-state index in [1.165, 1.54) is 11.1 Å². The molecule has 0 saturated carbocycles. The van der Waals surface area contributed by atoms with Gasteiger partial charge in [0.1, 0.15) is 0 Å². The normalized spacial score (nSPS) is 18.0. The van der Waals surface area contributed by atoms with E-state index in [-0.39, 0.29) is 18.4 Å². The lowest BCUT2D eigenvalue weighted by Crippen LogP contribution is -2.34. The van der Waals surface area contributed by atoms with E-state index >= 15 is 0 Å². The Balaban J connectivity index is 1.62. The highest BCUT2D eigenvalue weighted by molar-refractivity contribution is 5.95. The fourth-order valence-electron chi connectivity index (χ4n) is 2.80. The number of hydrogen-bond acceptors (Lipinski definition) is 3. The van der Waals surface area contributed by atoms with Crippen LogP contribution in [0.1, 0.15) is 24.0 Å². The lowest BCUT2D eigenvalue weighted by Gasteiger charge is -2.19. The molecule has 0 unspecified atom stereocenters. The third-order valence-electron chi connectivity index (χ3n) is 3.88. The average Bonchev–Trinajstić information content (AvgIpc) is 2.84. The topological polar surface area (TPSA) is 61.4 Å². The second kappa shape index (κ2) is 5.63. The Hall–Kier alpha value is -1.88. The molecule has 5 heteroatoms. The third-order valence-corrected chi connectivity index (χ3v) is 3.88. The molecule has 0 bridgehead atoms. The van der Waals surface area contributed by atoms with Crippen LogP contribution in [0.25, 0.3) is 0 Å². The zero-order valence-corrected chi connectivity index (χ0v) is 11.4. The molecule has 2 amide bonds. The van der Waals surface area contributed by atoms with E-state index < -0.39 is 0 Å². The Morgan fingerprint density at radius 3 is 3.00 bits per heavy atom. The van der Waals surface area contributed by atoms with Crippen LogP contribution in [0.5, 0.6) is 0 Å². The minimum absolute atomic E-state index is 0.0785. The van der Waals surface area contributed by atoms with Crippen LogP contribution in [-0.4, -0.2) is 36.3 Å². The summed E-state index contributed by atoms with van der Waals surface area (Å²) in [5, 5.41) is 6.20. The number of amides is 2. The first-order chi connectivity index (χ1) is 9.72. The van der Waals surface area contributed by atoms with Gasteiger partial charge in [0.2, 0.25) is 11.8 Å². The Morgan fingerprint density at radius 2 is 2.20 bits per heavy atom. The number of hydrogen-bond donors (Lipinski definition) is 2. The molecule has 0 aromatic heterocycles. The van der Waals surface area contributed by atoms with E-state index in [1.54, 1.807) is 4.90 Å². The van der Waals surface area contributed by atoms with E-state index in [4.69, 9.17) is 0 Å². The predicted molar refractivity (Wildman–Crippen MR) is 76.3 cm³/mol. The zero-order valence-electron chi connectivity index (χ0n) is 11.4. The summed E-state index contributed by atoms with van der Waals surface area (Å²) >= 11 is 0. The molecule has 1 fully saturated rings. The number of nitrogens with one attached hydrogen (secondary N) is 2. The lowest BCUT2D eigenvalue weighted by molar-refractivity contribution is -0.131. The lowest BCUT2D eigenvalue weighted by atomic mass is 10.0.